The van der Waals surface area contributed by atoms with Crippen molar-refractivity contribution in [2.45, 2.75) is 30.8 Å². The van der Waals surface area contributed by atoms with E-state index in [9.17, 15) is 23.3 Å². The maximum atomic E-state index is 13.9. The minimum Gasteiger partial charge on any atom is -0.489 e. The summed E-state index contributed by atoms with van der Waals surface area (Å²) in [7, 11) is -3.74. The molecule has 0 spiro atoms. The molecule has 6 rings (SSSR count). The van der Waals surface area contributed by atoms with Crippen molar-refractivity contribution in [1.29, 1.82) is 5.26 Å². The lowest BCUT2D eigenvalue weighted by Crippen LogP contribution is -2.35. The van der Waals surface area contributed by atoms with Crippen LogP contribution in [0, 0.1) is 11.3 Å². The molecule has 0 atom stereocenters. The van der Waals surface area contributed by atoms with Gasteiger partial charge in [-0.1, -0.05) is 73.2 Å². The quantitative estimate of drug-likeness (QED) is 0.240. The molecule has 11 heteroatoms. The largest absolute Gasteiger partial charge is 0.489 e. The third-order valence-electron chi connectivity index (χ3n) is 7.84. The summed E-state index contributed by atoms with van der Waals surface area (Å²) in [5.74, 6) is -0.139. The van der Waals surface area contributed by atoms with Crippen LogP contribution in [0.4, 0.5) is 5.69 Å². The summed E-state index contributed by atoms with van der Waals surface area (Å²) < 4.78 is 35.7. The molecule has 2 heterocycles. The molecular formula is C37H32N4O5S2. The zero-order valence-corrected chi connectivity index (χ0v) is 27.5. The maximum Gasteiger partial charge on any atom is 0.273 e. The van der Waals surface area contributed by atoms with Gasteiger partial charge in [0, 0.05) is 18.8 Å². The first-order valence-electron chi connectivity index (χ1n) is 15.5. The van der Waals surface area contributed by atoms with Gasteiger partial charge >= 0.3 is 0 Å². The molecule has 0 aliphatic carbocycles. The van der Waals surface area contributed by atoms with Gasteiger partial charge < -0.3 is 10.1 Å². The second-order valence-electron chi connectivity index (χ2n) is 11.2. The van der Waals surface area contributed by atoms with E-state index >= 15 is 0 Å². The number of nitriles is 1. The van der Waals surface area contributed by atoms with Crippen molar-refractivity contribution in [1.82, 2.24) is 8.87 Å². The summed E-state index contributed by atoms with van der Waals surface area (Å²) in [4.78, 5) is 27.6. The van der Waals surface area contributed by atoms with Crippen molar-refractivity contribution in [3.8, 4) is 17.5 Å². The van der Waals surface area contributed by atoms with E-state index in [1.807, 2.05) is 60.7 Å². The normalized spacial score (nSPS) is 14.6. The average Bonchev–Trinajstić information content (AvgIpc) is 3.43. The zero-order chi connectivity index (χ0) is 33.5. The molecule has 0 bridgehead atoms. The van der Waals surface area contributed by atoms with Gasteiger partial charge in [-0.2, -0.15) is 9.57 Å². The molecule has 1 saturated heterocycles. The molecule has 0 saturated carbocycles. The van der Waals surface area contributed by atoms with E-state index in [0.717, 1.165) is 36.2 Å². The number of piperidine rings is 1. The first-order chi connectivity index (χ1) is 23.3. The summed E-state index contributed by atoms with van der Waals surface area (Å²) in [5.41, 5.74) is 1.75. The summed E-state index contributed by atoms with van der Waals surface area (Å²) in [6, 6.07) is 33.9. The van der Waals surface area contributed by atoms with Crippen molar-refractivity contribution in [3.05, 3.63) is 140 Å². The van der Waals surface area contributed by atoms with Crippen LogP contribution in [-0.4, -0.2) is 36.3 Å². The van der Waals surface area contributed by atoms with Gasteiger partial charge in [-0.25, -0.2) is 8.42 Å². The molecule has 9 nitrogen and oxygen atoms in total. The van der Waals surface area contributed by atoms with Crippen molar-refractivity contribution < 1.29 is 17.9 Å². The van der Waals surface area contributed by atoms with Crippen LogP contribution in [0.1, 0.15) is 30.4 Å². The number of aromatic nitrogens is 1. The number of carbonyl (C=O) groups is 1. The number of para-hydroxylation sites is 1. The minimum absolute atomic E-state index is 0.0601. The molecule has 1 N–H and O–H groups in total. The van der Waals surface area contributed by atoms with Crippen LogP contribution in [0.5, 0.6) is 5.75 Å². The first-order valence-corrected chi connectivity index (χ1v) is 17.7. The van der Waals surface area contributed by atoms with Gasteiger partial charge in [0.15, 0.2) is 5.57 Å². The number of thiazole rings is 1. The number of anilines is 1. The number of hydrogen-bond acceptors (Lipinski definition) is 7. The fraction of sp³-hybridized carbons (Fsp3) is 0.162. The summed E-state index contributed by atoms with van der Waals surface area (Å²) >= 11 is 1.02. The average molecular weight is 677 g/mol. The van der Waals surface area contributed by atoms with E-state index in [-0.39, 0.29) is 20.8 Å². The lowest BCUT2D eigenvalue weighted by atomic mass is 10.2. The predicted octanol–water partition coefficient (Wildman–Crippen LogP) is 4.79. The Hall–Kier alpha value is -5.28. The Morgan fingerprint density at radius 3 is 2.33 bits per heavy atom. The van der Waals surface area contributed by atoms with Crippen LogP contribution in [0.15, 0.2) is 119 Å². The molecule has 1 fully saturated rings. The third-order valence-corrected chi connectivity index (χ3v) is 10.8. The van der Waals surface area contributed by atoms with Crippen molar-refractivity contribution in [2.75, 3.05) is 18.4 Å². The number of hydrogen-bond donors (Lipinski definition) is 1. The zero-order valence-electron chi connectivity index (χ0n) is 25.9. The minimum atomic E-state index is -3.74. The number of ether oxygens (including phenoxy) is 1. The van der Waals surface area contributed by atoms with Crippen LogP contribution in [-0.2, 0) is 21.4 Å². The van der Waals surface area contributed by atoms with Gasteiger partial charge in [0.1, 0.15) is 23.1 Å². The summed E-state index contributed by atoms with van der Waals surface area (Å²) in [6.07, 6.45) is 4.29. The Balaban J connectivity index is 1.37. The van der Waals surface area contributed by atoms with E-state index in [2.05, 4.69) is 5.32 Å². The third kappa shape index (κ3) is 7.31. The molecule has 48 heavy (non-hydrogen) atoms. The van der Waals surface area contributed by atoms with E-state index in [1.54, 1.807) is 48.5 Å². The molecule has 4 aromatic carbocycles. The standard InChI is InChI=1S/C37H32N4O5S2/c38-25-33(35(42)39-29-15-11-19-32(24-29)48(44,45)40-20-8-3-9-21-40)37-41(30-16-6-2-7-17-30)36(43)34(47-37)23-28-14-10-18-31(22-28)46-26-27-12-4-1-5-13-27/h1-2,4-7,10-19,22-24H,3,8-9,20-21,26H2,(H,39,42). The van der Waals surface area contributed by atoms with E-state index in [4.69, 9.17) is 4.74 Å². The van der Waals surface area contributed by atoms with Gasteiger partial charge in [-0.15, -0.1) is 11.3 Å². The first kappa shape index (κ1) is 32.7. The van der Waals surface area contributed by atoms with Gasteiger partial charge in [-0.3, -0.25) is 14.2 Å². The molecule has 1 aliphatic rings. The maximum absolute atomic E-state index is 13.9. The highest BCUT2D eigenvalue weighted by molar-refractivity contribution is 7.89. The fourth-order valence-corrected chi connectivity index (χ4v) is 8.09. The van der Waals surface area contributed by atoms with Crippen LogP contribution < -0.4 is 24.8 Å². The number of benzene rings is 4. The highest BCUT2D eigenvalue weighted by atomic mass is 32.2. The molecular weight excluding hydrogens is 645 g/mol. The van der Waals surface area contributed by atoms with Crippen LogP contribution in [0.25, 0.3) is 17.3 Å². The fourth-order valence-electron chi connectivity index (χ4n) is 5.43. The summed E-state index contributed by atoms with van der Waals surface area (Å²) in [6.45, 7) is 1.28. The highest BCUT2D eigenvalue weighted by Gasteiger charge is 2.26. The van der Waals surface area contributed by atoms with Gasteiger partial charge in [-0.05, 0) is 72.5 Å². The topological polar surface area (TPSA) is 122 Å². The van der Waals surface area contributed by atoms with Crippen molar-refractivity contribution in [3.63, 3.8) is 0 Å². The number of nitrogens with zero attached hydrogens (tertiary/aromatic N) is 3. The molecule has 1 aromatic heterocycles. The number of amides is 1. The molecule has 5 aromatic rings. The van der Waals surface area contributed by atoms with Crippen LogP contribution >= 0.6 is 11.3 Å². The van der Waals surface area contributed by atoms with E-state index in [1.165, 1.54) is 21.0 Å². The smallest absolute Gasteiger partial charge is 0.273 e. The second kappa shape index (κ2) is 14.6. The Kier molecular flexibility index (Phi) is 9.96. The highest BCUT2D eigenvalue weighted by Crippen LogP contribution is 2.23. The van der Waals surface area contributed by atoms with Gasteiger partial charge in [0.05, 0.1) is 15.1 Å². The molecule has 0 radical (unpaired) electrons. The number of rotatable bonds is 9. The van der Waals surface area contributed by atoms with Crippen LogP contribution in [0.2, 0.25) is 0 Å². The Bertz CT molecular complexity index is 2270. The van der Waals surface area contributed by atoms with E-state index in [0.29, 0.717) is 41.2 Å². The molecule has 1 amide bonds. The number of carbonyl (C=O) groups excluding carboxylic acids is 1. The van der Waals surface area contributed by atoms with Gasteiger partial charge in [0.2, 0.25) is 10.0 Å². The molecule has 242 valence electrons. The van der Waals surface area contributed by atoms with Crippen molar-refractivity contribution in [2.24, 2.45) is 0 Å². The van der Waals surface area contributed by atoms with Gasteiger partial charge in [0.25, 0.3) is 11.5 Å². The van der Waals surface area contributed by atoms with Crippen molar-refractivity contribution >= 4 is 44.6 Å². The number of nitrogens with one attached hydrogen (secondary N) is 1. The lowest BCUT2D eigenvalue weighted by molar-refractivity contribution is -0.111. The molecule has 1 aliphatic heterocycles. The number of sulfonamides is 1. The lowest BCUT2D eigenvalue weighted by Gasteiger charge is -2.26. The predicted molar refractivity (Wildman–Crippen MR) is 187 cm³/mol. The Morgan fingerprint density at radius 1 is 0.896 bits per heavy atom. The van der Waals surface area contributed by atoms with E-state index < -0.39 is 21.5 Å². The van der Waals surface area contributed by atoms with Crippen LogP contribution in [0.3, 0.4) is 0 Å². The molecule has 0 unspecified atom stereocenters. The Labute approximate surface area is 282 Å². The summed E-state index contributed by atoms with van der Waals surface area (Å²) in [5, 5.41) is 12.9. The second-order valence-corrected chi connectivity index (χ2v) is 14.1. The Morgan fingerprint density at radius 2 is 1.60 bits per heavy atom. The SMILES string of the molecule is N#CC(C(=O)Nc1cccc(S(=O)(=O)N2CCCCC2)c1)=c1sc(=Cc2cccc(OCc3ccccc3)c2)c(=O)n1-c1ccccc1. The monoisotopic (exact) mass is 676 g/mol.